The molecule has 29 heavy (non-hydrogen) atoms. The quantitative estimate of drug-likeness (QED) is 0.620. The molecule has 8 heteroatoms. The first-order valence-corrected chi connectivity index (χ1v) is 10.00. The van der Waals surface area contributed by atoms with E-state index in [0.29, 0.717) is 30.7 Å². The Morgan fingerprint density at radius 3 is 2.45 bits per heavy atom. The molecule has 2 heterocycles. The molecule has 3 amide bonds. The van der Waals surface area contributed by atoms with Gasteiger partial charge in [-0.25, -0.2) is 4.79 Å². The standard InChI is InChI=1S/C21H27BN2O5/c1-21(2,3)29-20(27)24-10-8-13(9-11-24)15-5-4-14(12-16(15)22)28-17-6-7-18(25)23-19(17)26/h4-5,12-13,17H,6-11H2,1-3H3,(H,23,25,26). The summed E-state index contributed by atoms with van der Waals surface area (Å²) in [7, 11) is 6.25. The van der Waals surface area contributed by atoms with Gasteiger partial charge in [-0.15, -0.1) is 0 Å². The predicted molar refractivity (Wildman–Crippen MR) is 108 cm³/mol. The zero-order valence-corrected chi connectivity index (χ0v) is 17.2. The van der Waals surface area contributed by atoms with E-state index in [-0.39, 0.29) is 24.3 Å². The average Bonchev–Trinajstić information content (AvgIpc) is 2.63. The van der Waals surface area contributed by atoms with Gasteiger partial charge in [0.2, 0.25) is 5.91 Å². The number of nitrogens with zero attached hydrogens (tertiary/aromatic N) is 1. The fourth-order valence-electron chi connectivity index (χ4n) is 3.65. The maximum Gasteiger partial charge on any atom is 0.410 e. The number of hydrogen-bond acceptors (Lipinski definition) is 5. The Bertz CT molecular complexity index is 797. The molecule has 0 bridgehead atoms. The highest BCUT2D eigenvalue weighted by Gasteiger charge is 2.30. The summed E-state index contributed by atoms with van der Waals surface area (Å²) < 4.78 is 11.2. The van der Waals surface area contributed by atoms with Gasteiger partial charge in [0.25, 0.3) is 5.91 Å². The summed E-state index contributed by atoms with van der Waals surface area (Å²) in [5, 5.41) is 2.28. The molecule has 0 spiro atoms. The molecular formula is C21H27BN2O5. The van der Waals surface area contributed by atoms with Crippen molar-refractivity contribution in [3.63, 3.8) is 0 Å². The molecule has 7 nitrogen and oxygen atoms in total. The van der Waals surface area contributed by atoms with Gasteiger partial charge in [-0.3, -0.25) is 14.9 Å². The molecule has 1 aromatic rings. The summed E-state index contributed by atoms with van der Waals surface area (Å²) in [6.45, 7) is 6.81. The van der Waals surface area contributed by atoms with Crippen LogP contribution in [0.25, 0.3) is 0 Å². The Kier molecular flexibility index (Phi) is 6.20. The number of hydrogen-bond donors (Lipinski definition) is 1. The monoisotopic (exact) mass is 398 g/mol. The topological polar surface area (TPSA) is 84.9 Å². The normalized spacial score (nSPS) is 20.9. The van der Waals surface area contributed by atoms with Crippen LogP contribution in [0.4, 0.5) is 4.79 Å². The number of imide groups is 1. The zero-order valence-electron chi connectivity index (χ0n) is 17.2. The Labute approximate surface area is 172 Å². The van der Waals surface area contributed by atoms with Gasteiger partial charge in [0.05, 0.1) is 0 Å². The van der Waals surface area contributed by atoms with Crippen LogP contribution in [0.5, 0.6) is 5.75 Å². The van der Waals surface area contributed by atoms with Crippen molar-refractivity contribution in [2.24, 2.45) is 0 Å². The van der Waals surface area contributed by atoms with Crippen LogP contribution in [0, 0.1) is 0 Å². The van der Waals surface area contributed by atoms with E-state index in [1.165, 1.54) is 0 Å². The van der Waals surface area contributed by atoms with Crippen molar-refractivity contribution >= 4 is 31.2 Å². The van der Waals surface area contributed by atoms with Gasteiger partial charge < -0.3 is 14.4 Å². The van der Waals surface area contributed by atoms with Gasteiger partial charge in [-0.2, -0.15) is 0 Å². The maximum absolute atomic E-state index is 12.2. The molecule has 2 radical (unpaired) electrons. The third-order valence-electron chi connectivity index (χ3n) is 5.11. The molecule has 1 aromatic carbocycles. The number of benzene rings is 1. The van der Waals surface area contributed by atoms with Gasteiger partial charge in [-0.05, 0) is 51.7 Å². The smallest absolute Gasteiger partial charge is 0.410 e. The number of ether oxygens (including phenoxy) is 2. The fourth-order valence-corrected chi connectivity index (χ4v) is 3.65. The first kappa shape index (κ1) is 21.2. The first-order chi connectivity index (χ1) is 13.6. The molecule has 2 saturated heterocycles. The lowest BCUT2D eigenvalue weighted by Crippen LogP contribution is -2.46. The third kappa shape index (κ3) is 5.52. The molecule has 2 aliphatic rings. The number of piperidine rings is 2. The lowest BCUT2D eigenvalue weighted by Gasteiger charge is -2.34. The minimum Gasteiger partial charge on any atom is -0.481 e. The second-order valence-corrected chi connectivity index (χ2v) is 8.59. The summed E-state index contributed by atoms with van der Waals surface area (Å²) in [6.07, 6.45) is 1.26. The molecule has 0 aliphatic carbocycles. The number of carbonyl (C=O) groups is 3. The highest BCUT2D eigenvalue weighted by Crippen LogP contribution is 2.29. The summed E-state index contributed by atoms with van der Waals surface area (Å²) in [5.74, 6) is 0.0612. The van der Waals surface area contributed by atoms with Crippen LogP contribution in [0.15, 0.2) is 18.2 Å². The maximum atomic E-state index is 12.2. The fraction of sp³-hybridized carbons (Fsp3) is 0.571. The predicted octanol–water partition coefficient (Wildman–Crippen LogP) is 1.78. The van der Waals surface area contributed by atoms with Crippen LogP contribution in [0.2, 0.25) is 0 Å². The molecule has 2 aliphatic heterocycles. The molecule has 0 saturated carbocycles. The SMILES string of the molecule is [B]c1cc(OC2CCC(=O)NC2=O)ccc1C1CCN(C(=O)OC(C)(C)C)CC1. The highest BCUT2D eigenvalue weighted by atomic mass is 16.6. The molecule has 0 aromatic heterocycles. The largest absolute Gasteiger partial charge is 0.481 e. The van der Waals surface area contributed by atoms with E-state index in [1.807, 2.05) is 26.8 Å². The van der Waals surface area contributed by atoms with Crippen molar-refractivity contribution in [1.82, 2.24) is 10.2 Å². The molecule has 1 atom stereocenters. The number of nitrogens with one attached hydrogen (secondary N) is 1. The van der Waals surface area contributed by atoms with Gasteiger partial charge in [-0.1, -0.05) is 17.1 Å². The van der Waals surface area contributed by atoms with Crippen LogP contribution in [0.3, 0.4) is 0 Å². The lowest BCUT2D eigenvalue weighted by atomic mass is 9.80. The number of rotatable bonds is 3. The van der Waals surface area contributed by atoms with E-state index < -0.39 is 17.6 Å². The Balaban J connectivity index is 1.58. The van der Waals surface area contributed by atoms with Gasteiger partial charge >= 0.3 is 6.09 Å². The average molecular weight is 398 g/mol. The van der Waals surface area contributed by atoms with E-state index in [9.17, 15) is 14.4 Å². The summed E-state index contributed by atoms with van der Waals surface area (Å²) in [6, 6.07) is 5.44. The van der Waals surface area contributed by atoms with Crippen molar-refractivity contribution in [2.75, 3.05) is 13.1 Å². The molecular weight excluding hydrogens is 371 g/mol. The van der Waals surface area contributed by atoms with E-state index >= 15 is 0 Å². The Hall–Kier alpha value is -2.51. The molecule has 154 valence electrons. The Morgan fingerprint density at radius 1 is 1.17 bits per heavy atom. The third-order valence-corrected chi connectivity index (χ3v) is 5.11. The van der Waals surface area contributed by atoms with Crippen molar-refractivity contribution in [2.45, 2.75) is 64.1 Å². The molecule has 3 rings (SSSR count). The van der Waals surface area contributed by atoms with E-state index in [0.717, 1.165) is 18.4 Å². The van der Waals surface area contributed by atoms with Gasteiger partial charge in [0.1, 0.15) is 19.2 Å². The van der Waals surface area contributed by atoms with Crippen molar-refractivity contribution in [3.05, 3.63) is 23.8 Å². The number of amides is 3. The van der Waals surface area contributed by atoms with Crippen LogP contribution in [-0.2, 0) is 14.3 Å². The zero-order chi connectivity index (χ0) is 21.2. The van der Waals surface area contributed by atoms with Gasteiger partial charge in [0.15, 0.2) is 6.10 Å². The molecule has 1 unspecified atom stereocenters. The summed E-state index contributed by atoms with van der Waals surface area (Å²) >= 11 is 0. The highest BCUT2D eigenvalue weighted by molar-refractivity contribution is 6.33. The van der Waals surface area contributed by atoms with Crippen molar-refractivity contribution in [1.29, 1.82) is 0 Å². The second kappa shape index (κ2) is 8.47. The lowest BCUT2D eigenvalue weighted by molar-refractivity contribution is -0.138. The summed E-state index contributed by atoms with van der Waals surface area (Å²) in [4.78, 5) is 37.0. The number of likely N-dealkylation sites (tertiary alicyclic amines) is 1. The van der Waals surface area contributed by atoms with Crippen molar-refractivity contribution < 1.29 is 23.9 Å². The minimum absolute atomic E-state index is 0.248. The Morgan fingerprint density at radius 2 is 1.86 bits per heavy atom. The molecule has 2 fully saturated rings. The van der Waals surface area contributed by atoms with Gasteiger partial charge in [0, 0.05) is 25.9 Å². The summed E-state index contributed by atoms with van der Waals surface area (Å²) in [5.41, 5.74) is 1.12. The van der Waals surface area contributed by atoms with Crippen LogP contribution in [-0.4, -0.2) is 55.4 Å². The molecule has 1 N–H and O–H groups in total. The number of carbonyl (C=O) groups excluding carboxylic acids is 3. The second-order valence-electron chi connectivity index (χ2n) is 8.59. The van der Waals surface area contributed by atoms with Crippen LogP contribution in [0.1, 0.15) is 57.9 Å². The van der Waals surface area contributed by atoms with Crippen LogP contribution >= 0.6 is 0 Å². The van der Waals surface area contributed by atoms with E-state index in [4.69, 9.17) is 17.3 Å². The van der Waals surface area contributed by atoms with Crippen LogP contribution < -0.4 is 15.5 Å². The van der Waals surface area contributed by atoms with Crippen molar-refractivity contribution in [3.8, 4) is 5.75 Å². The van der Waals surface area contributed by atoms with E-state index in [2.05, 4.69) is 5.32 Å². The van der Waals surface area contributed by atoms with E-state index in [1.54, 1.807) is 17.0 Å². The minimum atomic E-state index is -0.685. The first-order valence-electron chi connectivity index (χ1n) is 10.00.